The molecule has 0 bridgehead atoms. The number of anilines is 1. The van der Waals surface area contributed by atoms with E-state index in [1.807, 2.05) is 0 Å². The molecule has 0 saturated carbocycles. The van der Waals surface area contributed by atoms with Crippen molar-refractivity contribution in [3.8, 4) is 6.07 Å². The smallest absolute Gasteiger partial charge is 0.270 e. The highest BCUT2D eigenvalue weighted by atomic mass is 16.6. The molecule has 3 rings (SSSR count). The fraction of sp³-hybridized carbons (Fsp3) is 0.375. The van der Waals surface area contributed by atoms with Crippen LogP contribution in [0.25, 0.3) is 10.9 Å². The quantitative estimate of drug-likeness (QED) is 0.691. The fourth-order valence-corrected chi connectivity index (χ4v) is 2.86. The Bertz CT molecular complexity index is 791. The van der Waals surface area contributed by atoms with Gasteiger partial charge in [-0.1, -0.05) is 0 Å². The summed E-state index contributed by atoms with van der Waals surface area (Å²) in [5.41, 5.74) is 0.950. The number of nitrogens with one attached hydrogen (secondary N) is 1. The highest BCUT2D eigenvalue weighted by molar-refractivity contribution is 5.88. The molecule has 1 aliphatic heterocycles. The van der Waals surface area contributed by atoms with Crippen LogP contribution < -0.4 is 5.32 Å². The second-order valence-corrected chi connectivity index (χ2v) is 5.85. The minimum Gasteiger partial charge on any atom is -0.367 e. The maximum Gasteiger partial charge on any atom is 0.270 e. The molecule has 23 heavy (non-hydrogen) atoms. The number of pyridine rings is 1. The second-order valence-electron chi connectivity index (χ2n) is 5.85. The molecule has 2 aromatic rings. The number of likely N-dealkylation sites (tertiary alicyclic amines) is 1. The van der Waals surface area contributed by atoms with Gasteiger partial charge in [0.05, 0.1) is 22.1 Å². The maximum atomic E-state index is 10.9. The summed E-state index contributed by atoms with van der Waals surface area (Å²) in [6, 6.07) is 8.52. The van der Waals surface area contributed by atoms with Crippen LogP contribution in [0.3, 0.4) is 0 Å². The summed E-state index contributed by atoms with van der Waals surface area (Å²) in [4.78, 5) is 17.2. The highest BCUT2D eigenvalue weighted by Gasteiger charge is 2.18. The lowest BCUT2D eigenvalue weighted by molar-refractivity contribution is -0.384. The number of hydrogen-bond acceptors (Lipinski definition) is 6. The van der Waals surface area contributed by atoms with E-state index in [2.05, 4.69) is 28.3 Å². The van der Waals surface area contributed by atoms with Crippen LogP contribution in [0.2, 0.25) is 0 Å². The van der Waals surface area contributed by atoms with Crippen LogP contribution in [0.4, 0.5) is 11.5 Å². The molecule has 1 aromatic carbocycles. The Morgan fingerprint density at radius 3 is 2.78 bits per heavy atom. The minimum atomic E-state index is -0.467. The summed E-state index contributed by atoms with van der Waals surface area (Å²) in [7, 11) is 2.10. The number of benzene rings is 1. The molecule has 0 spiro atoms. The van der Waals surface area contributed by atoms with Crippen molar-refractivity contribution in [1.82, 2.24) is 9.88 Å². The first-order valence-corrected chi connectivity index (χ1v) is 7.51. The molecule has 1 N–H and O–H groups in total. The van der Waals surface area contributed by atoms with Gasteiger partial charge in [0.2, 0.25) is 0 Å². The van der Waals surface area contributed by atoms with Crippen molar-refractivity contribution in [1.29, 1.82) is 5.26 Å². The van der Waals surface area contributed by atoms with Gasteiger partial charge in [0.15, 0.2) is 0 Å². The predicted molar refractivity (Wildman–Crippen MR) is 87.3 cm³/mol. The monoisotopic (exact) mass is 311 g/mol. The normalized spacial score (nSPS) is 16.2. The number of rotatable bonds is 3. The van der Waals surface area contributed by atoms with Crippen molar-refractivity contribution in [2.24, 2.45) is 0 Å². The topological polar surface area (TPSA) is 95.1 Å². The number of nitrogens with zero attached hydrogens (tertiary/aromatic N) is 4. The molecule has 1 saturated heterocycles. The van der Waals surface area contributed by atoms with E-state index >= 15 is 0 Å². The van der Waals surface area contributed by atoms with Crippen molar-refractivity contribution in [3.05, 3.63) is 39.9 Å². The fourth-order valence-electron chi connectivity index (χ4n) is 2.86. The molecule has 0 radical (unpaired) electrons. The van der Waals surface area contributed by atoms with Gasteiger partial charge in [0.1, 0.15) is 5.82 Å². The Balaban J connectivity index is 1.92. The molecule has 7 heteroatoms. The summed E-state index contributed by atoms with van der Waals surface area (Å²) in [5.74, 6) is 0.650. The SMILES string of the molecule is CN1CCC(Nc2cc(C#N)c3cc([N+](=O)[O-])ccc3n2)CC1. The van der Waals surface area contributed by atoms with Crippen LogP contribution in [0.1, 0.15) is 18.4 Å². The average Bonchev–Trinajstić information content (AvgIpc) is 2.55. The Kier molecular flexibility index (Phi) is 4.08. The van der Waals surface area contributed by atoms with Gasteiger partial charge in [-0.25, -0.2) is 4.98 Å². The molecule has 1 aromatic heterocycles. The van der Waals surface area contributed by atoms with Crippen molar-refractivity contribution in [2.45, 2.75) is 18.9 Å². The van der Waals surface area contributed by atoms with Crippen molar-refractivity contribution >= 4 is 22.4 Å². The Morgan fingerprint density at radius 1 is 1.39 bits per heavy atom. The standard InChI is InChI=1S/C16H17N5O2/c1-20-6-4-12(5-7-20)18-16-8-11(10-17)14-9-13(21(22)23)2-3-15(14)19-16/h2-3,8-9,12H,4-7H2,1H3,(H,18,19). The number of non-ortho nitro benzene ring substituents is 1. The van der Waals surface area contributed by atoms with E-state index in [4.69, 9.17) is 0 Å². The number of piperidine rings is 1. The van der Waals surface area contributed by atoms with E-state index in [-0.39, 0.29) is 5.69 Å². The van der Waals surface area contributed by atoms with Gasteiger partial charge in [0.25, 0.3) is 5.69 Å². The number of aromatic nitrogens is 1. The summed E-state index contributed by atoms with van der Waals surface area (Å²) >= 11 is 0. The molecule has 1 aliphatic rings. The number of nitriles is 1. The van der Waals surface area contributed by atoms with Crippen molar-refractivity contribution in [2.75, 3.05) is 25.5 Å². The molecule has 7 nitrogen and oxygen atoms in total. The first-order chi connectivity index (χ1) is 11.1. The van der Waals surface area contributed by atoms with Crippen LogP contribution in [0, 0.1) is 21.4 Å². The maximum absolute atomic E-state index is 10.9. The number of nitro benzene ring substituents is 1. The molecule has 0 unspecified atom stereocenters. The van der Waals surface area contributed by atoms with Crippen LogP contribution in [0.5, 0.6) is 0 Å². The van der Waals surface area contributed by atoms with E-state index in [1.165, 1.54) is 12.1 Å². The zero-order valence-electron chi connectivity index (χ0n) is 12.8. The Morgan fingerprint density at radius 2 is 2.13 bits per heavy atom. The van der Waals surface area contributed by atoms with E-state index in [1.54, 1.807) is 12.1 Å². The van der Waals surface area contributed by atoms with Gasteiger partial charge < -0.3 is 10.2 Å². The van der Waals surface area contributed by atoms with Crippen molar-refractivity contribution < 1.29 is 4.92 Å². The Labute approximate surface area is 133 Å². The molecule has 0 aliphatic carbocycles. The molecular weight excluding hydrogens is 294 g/mol. The van der Waals surface area contributed by atoms with Gasteiger partial charge in [-0.3, -0.25) is 10.1 Å². The van der Waals surface area contributed by atoms with Crippen LogP contribution in [-0.2, 0) is 0 Å². The number of hydrogen-bond donors (Lipinski definition) is 1. The lowest BCUT2D eigenvalue weighted by atomic mass is 10.0. The van der Waals surface area contributed by atoms with Gasteiger partial charge >= 0.3 is 0 Å². The van der Waals surface area contributed by atoms with E-state index in [0.717, 1.165) is 25.9 Å². The van der Waals surface area contributed by atoms with Crippen LogP contribution in [-0.4, -0.2) is 41.0 Å². The zero-order chi connectivity index (χ0) is 16.4. The third kappa shape index (κ3) is 3.22. The third-order valence-corrected chi connectivity index (χ3v) is 4.19. The second kappa shape index (κ2) is 6.18. The van der Waals surface area contributed by atoms with Gasteiger partial charge in [-0.05, 0) is 45.1 Å². The number of nitro groups is 1. The van der Waals surface area contributed by atoms with E-state index < -0.39 is 4.92 Å². The molecule has 2 heterocycles. The lowest BCUT2D eigenvalue weighted by Crippen LogP contribution is -2.36. The molecular formula is C16H17N5O2. The number of fused-ring (bicyclic) bond motifs is 1. The highest BCUT2D eigenvalue weighted by Crippen LogP contribution is 2.25. The molecule has 118 valence electrons. The molecule has 0 amide bonds. The van der Waals surface area contributed by atoms with Crippen molar-refractivity contribution in [3.63, 3.8) is 0 Å². The molecule has 0 atom stereocenters. The predicted octanol–water partition coefficient (Wildman–Crippen LogP) is 2.52. The first kappa shape index (κ1) is 15.2. The molecule has 1 fully saturated rings. The summed E-state index contributed by atoms with van der Waals surface area (Å²) in [5, 5.41) is 24.1. The largest absolute Gasteiger partial charge is 0.367 e. The first-order valence-electron chi connectivity index (χ1n) is 7.51. The minimum absolute atomic E-state index is 0.0353. The van der Waals surface area contributed by atoms with Gasteiger partial charge in [-0.15, -0.1) is 0 Å². The van der Waals surface area contributed by atoms with Crippen LogP contribution in [0.15, 0.2) is 24.3 Å². The average molecular weight is 311 g/mol. The summed E-state index contributed by atoms with van der Waals surface area (Å²) < 4.78 is 0. The zero-order valence-corrected chi connectivity index (χ0v) is 12.8. The Hall–Kier alpha value is -2.72. The third-order valence-electron chi connectivity index (χ3n) is 4.19. The van der Waals surface area contributed by atoms with Gasteiger partial charge in [-0.2, -0.15) is 5.26 Å². The lowest BCUT2D eigenvalue weighted by Gasteiger charge is -2.29. The summed E-state index contributed by atoms with van der Waals surface area (Å²) in [6.07, 6.45) is 2.05. The van der Waals surface area contributed by atoms with E-state index in [0.29, 0.717) is 28.3 Å². The van der Waals surface area contributed by atoms with Gasteiger partial charge in [0, 0.05) is 23.6 Å². The summed E-state index contributed by atoms with van der Waals surface area (Å²) in [6.45, 7) is 2.06. The van der Waals surface area contributed by atoms with Crippen LogP contribution >= 0.6 is 0 Å². The van der Waals surface area contributed by atoms with E-state index in [9.17, 15) is 15.4 Å².